The van der Waals surface area contributed by atoms with Crippen LogP contribution in [-0.2, 0) is 0 Å². The van der Waals surface area contributed by atoms with Gasteiger partial charge in [-0.1, -0.05) is 33.8 Å². The lowest BCUT2D eigenvalue weighted by molar-refractivity contribution is 0.262. The van der Waals surface area contributed by atoms with Crippen LogP contribution in [0.1, 0.15) is 46.1 Å². The number of hydrogen-bond acceptors (Lipinski definition) is 3. The van der Waals surface area contributed by atoms with Crippen LogP contribution in [0, 0.1) is 34.8 Å². The van der Waals surface area contributed by atoms with Crippen LogP contribution in [-0.4, -0.2) is 19.1 Å². The van der Waals surface area contributed by atoms with Crippen LogP contribution < -0.4 is 15.5 Å². The summed E-state index contributed by atoms with van der Waals surface area (Å²) in [7, 11) is 0. The summed E-state index contributed by atoms with van der Waals surface area (Å²) in [6, 6.07) is 10.1. The predicted molar refractivity (Wildman–Crippen MR) is 121 cm³/mol. The summed E-state index contributed by atoms with van der Waals surface area (Å²) in [4.78, 5) is 14.8. The molecule has 0 spiro atoms. The van der Waals surface area contributed by atoms with Crippen molar-refractivity contribution in [2.75, 3.05) is 28.6 Å². The van der Waals surface area contributed by atoms with Crippen molar-refractivity contribution in [3.05, 3.63) is 53.6 Å². The van der Waals surface area contributed by atoms with Crippen molar-refractivity contribution in [1.29, 1.82) is 5.26 Å². The maximum Gasteiger partial charge on any atom is 0.323 e. The molecule has 2 aromatic carbocycles. The van der Waals surface area contributed by atoms with Gasteiger partial charge in [0.25, 0.3) is 0 Å². The minimum absolute atomic E-state index is 0.122. The van der Waals surface area contributed by atoms with Gasteiger partial charge in [0.2, 0.25) is 0 Å². The monoisotopic (exact) mass is 428 g/mol. The first-order chi connectivity index (χ1) is 14.6. The van der Waals surface area contributed by atoms with Crippen LogP contribution in [0.15, 0.2) is 36.4 Å². The topological polar surface area (TPSA) is 68.2 Å². The van der Waals surface area contributed by atoms with Crippen LogP contribution >= 0.6 is 0 Å². The molecule has 31 heavy (non-hydrogen) atoms. The number of nitrogens with one attached hydrogen (secondary N) is 2. The van der Waals surface area contributed by atoms with E-state index < -0.39 is 17.7 Å². The van der Waals surface area contributed by atoms with Gasteiger partial charge in [-0.3, -0.25) is 0 Å². The SMILES string of the molecule is CC(C)CN(CC(C)C)c1ccc(C(C)C#N)cc1NC(=O)Nc1ccc(F)cc1F. The molecule has 1 atom stereocenters. The molecule has 0 aliphatic rings. The maximum absolute atomic E-state index is 13.9. The third kappa shape index (κ3) is 6.95. The standard InChI is InChI=1S/C24H30F2N4O/c1-15(2)13-30(14-16(3)4)23-9-6-18(17(5)12-27)10-22(23)29-24(31)28-21-8-7-19(25)11-20(21)26/h6-11,15-17H,13-14H2,1-5H3,(H2,28,29,31). The highest BCUT2D eigenvalue weighted by Gasteiger charge is 2.18. The number of nitrogens with zero attached hydrogens (tertiary/aromatic N) is 2. The molecule has 2 N–H and O–H groups in total. The van der Waals surface area contributed by atoms with Crippen LogP contribution in [0.25, 0.3) is 0 Å². The van der Waals surface area contributed by atoms with Crippen LogP contribution in [0.3, 0.4) is 0 Å². The summed E-state index contributed by atoms with van der Waals surface area (Å²) in [6.45, 7) is 11.8. The number of urea groups is 1. The van der Waals surface area contributed by atoms with E-state index in [0.717, 1.165) is 30.4 Å². The fourth-order valence-electron chi connectivity index (χ4n) is 3.29. The van der Waals surface area contributed by atoms with Gasteiger partial charge in [-0.25, -0.2) is 13.6 Å². The van der Waals surface area contributed by atoms with Gasteiger partial charge in [-0.05, 0) is 48.6 Å². The number of benzene rings is 2. The molecule has 0 fully saturated rings. The van der Waals surface area contributed by atoms with Crippen molar-refractivity contribution >= 4 is 23.1 Å². The summed E-state index contributed by atoms with van der Waals surface area (Å²) in [6.07, 6.45) is 0. The highest BCUT2D eigenvalue weighted by Crippen LogP contribution is 2.31. The van der Waals surface area contributed by atoms with Crippen molar-refractivity contribution in [1.82, 2.24) is 0 Å². The van der Waals surface area contributed by atoms with E-state index in [4.69, 9.17) is 0 Å². The van der Waals surface area contributed by atoms with Crippen molar-refractivity contribution < 1.29 is 13.6 Å². The zero-order valence-electron chi connectivity index (χ0n) is 18.7. The smallest absolute Gasteiger partial charge is 0.323 e. The molecule has 2 aromatic rings. The average molecular weight is 429 g/mol. The first kappa shape index (κ1) is 24.1. The summed E-state index contributed by atoms with van der Waals surface area (Å²) in [5.41, 5.74) is 2.00. The third-order valence-electron chi connectivity index (χ3n) is 4.65. The van der Waals surface area contributed by atoms with Gasteiger partial charge in [0, 0.05) is 19.2 Å². The third-order valence-corrected chi connectivity index (χ3v) is 4.65. The van der Waals surface area contributed by atoms with E-state index in [1.54, 1.807) is 13.0 Å². The lowest BCUT2D eigenvalue weighted by Gasteiger charge is -2.31. The zero-order chi connectivity index (χ0) is 23.1. The maximum atomic E-state index is 13.9. The minimum Gasteiger partial charge on any atom is -0.369 e. The van der Waals surface area contributed by atoms with E-state index in [2.05, 4.69) is 49.3 Å². The Morgan fingerprint density at radius 3 is 2.13 bits per heavy atom. The lowest BCUT2D eigenvalue weighted by Crippen LogP contribution is -2.32. The largest absolute Gasteiger partial charge is 0.369 e. The molecule has 0 bridgehead atoms. The van der Waals surface area contributed by atoms with Crippen molar-refractivity contribution in [3.8, 4) is 6.07 Å². The van der Waals surface area contributed by atoms with E-state index in [-0.39, 0.29) is 11.6 Å². The quantitative estimate of drug-likeness (QED) is 0.514. The molecular weight excluding hydrogens is 398 g/mol. The van der Waals surface area contributed by atoms with Crippen LogP contribution in [0.4, 0.5) is 30.6 Å². The van der Waals surface area contributed by atoms with Gasteiger partial charge in [0.1, 0.15) is 11.6 Å². The lowest BCUT2D eigenvalue weighted by atomic mass is 10.0. The Hall–Kier alpha value is -3.14. The van der Waals surface area contributed by atoms with E-state index in [0.29, 0.717) is 23.6 Å². The van der Waals surface area contributed by atoms with Gasteiger partial charge in [-0.2, -0.15) is 5.26 Å². The molecule has 2 amide bonds. The second-order valence-electron chi connectivity index (χ2n) is 8.52. The number of carbonyl (C=O) groups is 1. The van der Waals surface area contributed by atoms with E-state index in [1.165, 1.54) is 6.07 Å². The Bertz CT molecular complexity index is 943. The van der Waals surface area contributed by atoms with Gasteiger partial charge < -0.3 is 15.5 Å². The van der Waals surface area contributed by atoms with Gasteiger partial charge in [0.15, 0.2) is 0 Å². The number of halogens is 2. The minimum atomic E-state index is -0.858. The fourth-order valence-corrected chi connectivity index (χ4v) is 3.29. The Morgan fingerprint density at radius 1 is 0.968 bits per heavy atom. The molecule has 0 saturated heterocycles. The molecule has 1 unspecified atom stereocenters. The normalized spacial score (nSPS) is 11.9. The molecule has 0 heterocycles. The summed E-state index contributed by atoms with van der Waals surface area (Å²) < 4.78 is 27.1. The molecule has 0 aliphatic heterocycles. The van der Waals surface area contributed by atoms with Crippen molar-refractivity contribution in [3.63, 3.8) is 0 Å². The van der Waals surface area contributed by atoms with Gasteiger partial charge in [-0.15, -0.1) is 0 Å². The Kier molecular flexibility index (Phi) is 8.38. The van der Waals surface area contributed by atoms with E-state index in [1.807, 2.05) is 12.1 Å². The van der Waals surface area contributed by atoms with Crippen LogP contribution in [0.5, 0.6) is 0 Å². The summed E-state index contributed by atoms with van der Waals surface area (Å²) in [5.74, 6) is -1.14. The Labute approximate surface area is 183 Å². The summed E-state index contributed by atoms with van der Waals surface area (Å²) in [5, 5.41) is 14.5. The highest BCUT2D eigenvalue weighted by molar-refractivity contribution is 6.02. The van der Waals surface area contributed by atoms with Crippen LogP contribution in [0.2, 0.25) is 0 Å². The first-order valence-corrected chi connectivity index (χ1v) is 10.4. The Balaban J connectivity index is 2.38. The molecule has 7 heteroatoms. The molecule has 166 valence electrons. The fraction of sp³-hybridized carbons (Fsp3) is 0.417. The molecule has 0 aliphatic carbocycles. The molecule has 2 rings (SSSR count). The number of rotatable bonds is 8. The number of anilines is 3. The molecule has 0 aromatic heterocycles. The van der Waals surface area contributed by atoms with Crippen molar-refractivity contribution in [2.45, 2.75) is 40.5 Å². The van der Waals surface area contributed by atoms with Gasteiger partial charge >= 0.3 is 6.03 Å². The average Bonchev–Trinajstić information content (AvgIpc) is 2.68. The highest BCUT2D eigenvalue weighted by atomic mass is 19.1. The molecule has 0 radical (unpaired) electrons. The molecule has 0 saturated carbocycles. The summed E-state index contributed by atoms with van der Waals surface area (Å²) >= 11 is 0. The van der Waals surface area contributed by atoms with Gasteiger partial charge in [0.05, 0.1) is 29.0 Å². The van der Waals surface area contributed by atoms with Crippen molar-refractivity contribution in [2.24, 2.45) is 11.8 Å². The second kappa shape index (κ2) is 10.8. The Morgan fingerprint density at radius 2 is 1.58 bits per heavy atom. The predicted octanol–water partition coefficient (Wildman–Crippen LogP) is 6.35. The van der Waals surface area contributed by atoms with E-state index in [9.17, 15) is 18.8 Å². The second-order valence-corrected chi connectivity index (χ2v) is 8.52. The number of carbonyl (C=O) groups excluding carboxylic acids is 1. The molecule has 5 nitrogen and oxygen atoms in total. The number of nitriles is 1. The van der Waals surface area contributed by atoms with E-state index >= 15 is 0 Å². The molecular formula is C24H30F2N4O. The zero-order valence-corrected chi connectivity index (χ0v) is 18.7. The number of hydrogen-bond donors (Lipinski definition) is 2. The first-order valence-electron chi connectivity index (χ1n) is 10.4. The number of amides is 2.